The highest BCUT2D eigenvalue weighted by molar-refractivity contribution is 5.74. The van der Waals surface area contributed by atoms with Crippen molar-refractivity contribution in [3.63, 3.8) is 0 Å². The van der Waals surface area contributed by atoms with Crippen molar-refractivity contribution in [2.45, 2.75) is 57.7 Å². The third-order valence-corrected chi connectivity index (χ3v) is 5.62. The van der Waals surface area contributed by atoms with Gasteiger partial charge >= 0.3 is 5.97 Å². The lowest BCUT2D eigenvalue weighted by Crippen LogP contribution is -2.38. The van der Waals surface area contributed by atoms with Crippen LogP contribution in [0.3, 0.4) is 0 Å². The van der Waals surface area contributed by atoms with E-state index in [9.17, 15) is 9.90 Å². The smallest absolute Gasteiger partial charge is 0.320 e. The van der Waals surface area contributed by atoms with Crippen LogP contribution < -0.4 is 9.47 Å². The van der Waals surface area contributed by atoms with Crippen molar-refractivity contribution < 1.29 is 19.4 Å². The predicted octanol–water partition coefficient (Wildman–Crippen LogP) is 5.05. The molecule has 1 aliphatic rings. The molecule has 3 rings (SSSR count). The number of ether oxygens (including phenoxy) is 2. The number of carbonyl (C=O) groups is 1. The van der Waals surface area contributed by atoms with Crippen LogP contribution in [-0.2, 0) is 11.4 Å². The highest BCUT2D eigenvalue weighted by Crippen LogP contribution is 2.37. The van der Waals surface area contributed by atoms with Crippen LogP contribution in [0.15, 0.2) is 48.5 Å². The van der Waals surface area contributed by atoms with E-state index in [0.29, 0.717) is 24.5 Å². The van der Waals surface area contributed by atoms with Crippen LogP contribution in [0, 0.1) is 0 Å². The Morgan fingerprint density at radius 1 is 1.21 bits per heavy atom. The minimum Gasteiger partial charge on any atom is -0.493 e. The zero-order chi connectivity index (χ0) is 20.6. The van der Waals surface area contributed by atoms with Crippen molar-refractivity contribution in [2.75, 3.05) is 13.7 Å². The average Bonchev–Trinajstić information content (AvgIpc) is 3.23. The monoisotopic (exact) mass is 397 g/mol. The Balaban J connectivity index is 1.81. The zero-order valence-electron chi connectivity index (χ0n) is 17.3. The number of hydrogen-bond donors (Lipinski definition) is 1. The Bertz CT molecular complexity index is 793. The van der Waals surface area contributed by atoms with Crippen molar-refractivity contribution >= 4 is 5.97 Å². The van der Waals surface area contributed by atoms with Gasteiger partial charge in [-0.05, 0) is 49.1 Å². The van der Waals surface area contributed by atoms with Gasteiger partial charge in [0.25, 0.3) is 0 Å². The lowest BCUT2D eigenvalue weighted by molar-refractivity contribution is -0.143. The van der Waals surface area contributed by atoms with Gasteiger partial charge < -0.3 is 14.6 Å². The van der Waals surface area contributed by atoms with E-state index in [0.717, 1.165) is 43.4 Å². The molecule has 1 N–H and O–H groups in total. The maximum atomic E-state index is 11.7. The van der Waals surface area contributed by atoms with Gasteiger partial charge in [-0.1, -0.05) is 56.2 Å². The largest absolute Gasteiger partial charge is 0.493 e. The molecule has 0 amide bonds. The first-order chi connectivity index (χ1) is 14.1. The molecule has 0 bridgehead atoms. The molecule has 5 nitrogen and oxygen atoms in total. The van der Waals surface area contributed by atoms with Gasteiger partial charge in [0.1, 0.15) is 12.6 Å². The summed E-state index contributed by atoms with van der Waals surface area (Å²) in [5, 5.41) is 9.64. The minimum atomic E-state index is -0.723. The second-order valence-corrected chi connectivity index (χ2v) is 7.58. The van der Waals surface area contributed by atoms with Gasteiger partial charge in [0, 0.05) is 6.04 Å². The van der Waals surface area contributed by atoms with Crippen molar-refractivity contribution in [3.8, 4) is 11.5 Å². The van der Waals surface area contributed by atoms with Gasteiger partial charge in [-0.3, -0.25) is 9.69 Å². The molecule has 0 aliphatic carbocycles. The van der Waals surface area contributed by atoms with Crippen molar-refractivity contribution in [1.29, 1.82) is 0 Å². The van der Waals surface area contributed by atoms with Gasteiger partial charge in [0.15, 0.2) is 11.5 Å². The summed E-state index contributed by atoms with van der Waals surface area (Å²) in [6.45, 7) is 3.46. The fraction of sp³-hybridized carbons (Fsp3) is 0.458. The molecule has 1 aliphatic heterocycles. The molecule has 5 heteroatoms. The molecule has 0 saturated carbocycles. The Hall–Kier alpha value is -2.53. The Morgan fingerprint density at radius 3 is 2.69 bits per heavy atom. The third kappa shape index (κ3) is 5.30. The topological polar surface area (TPSA) is 59.0 Å². The molecule has 1 heterocycles. The number of unbranched alkanes of at least 4 members (excludes halogenated alkanes) is 1. The summed E-state index contributed by atoms with van der Waals surface area (Å²) in [5.74, 6) is 0.662. The molecule has 1 saturated heterocycles. The SMILES string of the molecule is CCCCC(c1ccc(OCc2ccccc2)c(OC)c1)N1CCCC1C(=O)O. The Kier molecular flexibility index (Phi) is 7.53. The van der Waals surface area contributed by atoms with E-state index < -0.39 is 12.0 Å². The number of rotatable bonds is 10. The van der Waals surface area contributed by atoms with Gasteiger partial charge in [0.05, 0.1) is 7.11 Å². The molecule has 1 fully saturated rings. The highest BCUT2D eigenvalue weighted by Gasteiger charge is 2.36. The lowest BCUT2D eigenvalue weighted by atomic mass is 9.98. The van der Waals surface area contributed by atoms with E-state index in [1.54, 1.807) is 7.11 Å². The van der Waals surface area contributed by atoms with E-state index in [1.807, 2.05) is 42.5 Å². The Labute approximate surface area is 173 Å². The maximum absolute atomic E-state index is 11.7. The Morgan fingerprint density at radius 2 is 2.00 bits per heavy atom. The quantitative estimate of drug-likeness (QED) is 0.608. The summed E-state index contributed by atoms with van der Waals surface area (Å²) in [6.07, 6.45) is 4.72. The summed E-state index contributed by atoms with van der Waals surface area (Å²) >= 11 is 0. The predicted molar refractivity (Wildman–Crippen MR) is 113 cm³/mol. The van der Waals surface area contributed by atoms with Gasteiger partial charge in [-0.25, -0.2) is 0 Å². The van der Waals surface area contributed by atoms with Crippen LogP contribution in [-0.4, -0.2) is 35.7 Å². The molecule has 2 aromatic carbocycles. The second kappa shape index (κ2) is 10.3. The van der Waals surface area contributed by atoms with Crippen molar-refractivity contribution in [2.24, 2.45) is 0 Å². The molecule has 156 valence electrons. The summed E-state index contributed by atoms with van der Waals surface area (Å²) in [5.41, 5.74) is 2.19. The van der Waals surface area contributed by atoms with E-state index in [1.165, 1.54) is 0 Å². The van der Waals surface area contributed by atoms with E-state index in [4.69, 9.17) is 9.47 Å². The fourth-order valence-corrected chi connectivity index (χ4v) is 4.09. The number of carboxylic acids is 1. The van der Waals surface area contributed by atoms with E-state index >= 15 is 0 Å². The molecular formula is C24H31NO4. The first kappa shape index (κ1) is 21.2. The second-order valence-electron chi connectivity index (χ2n) is 7.58. The summed E-state index contributed by atoms with van der Waals surface area (Å²) < 4.78 is 11.6. The van der Waals surface area contributed by atoms with Crippen LogP contribution in [0.1, 0.15) is 56.2 Å². The minimum absolute atomic E-state index is 0.0793. The van der Waals surface area contributed by atoms with Gasteiger partial charge in [-0.15, -0.1) is 0 Å². The molecule has 0 spiro atoms. The number of nitrogens with zero attached hydrogens (tertiary/aromatic N) is 1. The number of hydrogen-bond acceptors (Lipinski definition) is 4. The normalized spacial score (nSPS) is 17.8. The molecule has 2 unspecified atom stereocenters. The molecule has 2 aromatic rings. The third-order valence-electron chi connectivity index (χ3n) is 5.62. The number of likely N-dealkylation sites (tertiary alicyclic amines) is 1. The molecule has 0 radical (unpaired) electrons. The zero-order valence-corrected chi connectivity index (χ0v) is 17.3. The standard InChI is InChI=1S/C24H31NO4/c1-3-4-11-20(25-15-8-12-21(25)24(26)27)19-13-14-22(23(16-19)28-2)29-17-18-9-6-5-7-10-18/h5-7,9-10,13-14,16,20-21H,3-4,8,11-12,15,17H2,1-2H3,(H,26,27). The maximum Gasteiger partial charge on any atom is 0.320 e. The van der Waals surface area contributed by atoms with Gasteiger partial charge in [-0.2, -0.15) is 0 Å². The number of benzene rings is 2. The van der Waals surface area contributed by atoms with Crippen molar-refractivity contribution in [3.05, 3.63) is 59.7 Å². The fourth-order valence-electron chi connectivity index (χ4n) is 4.09. The summed E-state index contributed by atoms with van der Waals surface area (Å²) in [4.78, 5) is 13.9. The first-order valence-electron chi connectivity index (χ1n) is 10.5. The molecule has 0 aromatic heterocycles. The number of aliphatic carboxylic acids is 1. The van der Waals surface area contributed by atoms with Crippen LogP contribution >= 0.6 is 0 Å². The first-order valence-corrected chi connectivity index (χ1v) is 10.5. The van der Waals surface area contributed by atoms with Crippen LogP contribution in [0.5, 0.6) is 11.5 Å². The summed E-state index contributed by atoms with van der Waals surface area (Å²) in [6, 6.07) is 15.7. The van der Waals surface area contributed by atoms with Crippen LogP contribution in [0.25, 0.3) is 0 Å². The molecule has 2 atom stereocenters. The number of methoxy groups -OCH3 is 1. The van der Waals surface area contributed by atoms with Crippen LogP contribution in [0.4, 0.5) is 0 Å². The van der Waals surface area contributed by atoms with E-state index in [-0.39, 0.29) is 6.04 Å². The van der Waals surface area contributed by atoms with Gasteiger partial charge in [0.2, 0.25) is 0 Å². The summed E-state index contributed by atoms with van der Waals surface area (Å²) in [7, 11) is 1.64. The molecular weight excluding hydrogens is 366 g/mol. The average molecular weight is 398 g/mol. The van der Waals surface area contributed by atoms with E-state index in [2.05, 4.69) is 17.9 Å². The lowest BCUT2D eigenvalue weighted by Gasteiger charge is -2.32. The number of carboxylic acid groups (broad SMARTS) is 1. The van der Waals surface area contributed by atoms with Crippen molar-refractivity contribution in [1.82, 2.24) is 4.90 Å². The highest BCUT2D eigenvalue weighted by atomic mass is 16.5. The molecule has 29 heavy (non-hydrogen) atoms. The van der Waals surface area contributed by atoms with Crippen LogP contribution in [0.2, 0.25) is 0 Å².